The van der Waals surface area contributed by atoms with Crippen molar-refractivity contribution in [1.82, 2.24) is 9.55 Å². The van der Waals surface area contributed by atoms with Gasteiger partial charge in [0, 0.05) is 43.0 Å². The summed E-state index contributed by atoms with van der Waals surface area (Å²) in [6, 6.07) is 0.296. The standard InChI is InChI=1S/C8H14N2O5S2.K/c1-16-15-14-8-9-4-6-10(8)5-2-3-7-17(11,12)13;/h4,6H,2-3,5,7H2,1H3,(H,11,12,13);/q;+1/p-1. The third-order valence-electron chi connectivity index (χ3n) is 1.90. The third-order valence-corrected chi connectivity index (χ3v) is 2.89. The first-order chi connectivity index (χ1) is 8.03. The van der Waals surface area contributed by atoms with E-state index in [1.165, 1.54) is 0 Å². The predicted octanol–water partition coefficient (Wildman–Crippen LogP) is -2.20. The number of aromatic nitrogens is 2. The fourth-order valence-electron chi connectivity index (χ4n) is 1.18. The molecular formula is C8H13KN2O5S2. The van der Waals surface area contributed by atoms with Crippen molar-refractivity contribution in [3.63, 3.8) is 0 Å². The van der Waals surface area contributed by atoms with Gasteiger partial charge < -0.3 is 4.55 Å². The minimum Gasteiger partial charge on any atom is -0.748 e. The molecule has 0 saturated heterocycles. The summed E-state index contributed by atoms with van der Waals surface area (Å²) in [4.78, 5) is 8.76. The fourth-order valence-corrected chi connectivity index (χ4v) is 1.87. The van der Waals surface area contributed by atoms with Crippen molar-refractivity contribution in [3.8, 4) is 6.01 Å². The van der Waals surface area contributed by atoms with Crippen molar-refractivity contribution in [2.24, 2.45) is 0 Å². The van der Waals surface area contributed by atoms with Crippen LogP contribution in [0.15, 0.2) is 12.4 Å². The topological polar surface area (TPSA) is 93.5 Å². The van der Waals surface area contributed by atoms with Crippen LogP contribution in [0.25, 0.3) is 0 Å². The molecule has 0 aliphatic heterocycles. The normalized spacial score (nSPS) is 11.0. The molecule has 0 aliphatic rings. The van der Waals surface area contributed by atoms with Gasteiger partial charge in [-0.3, -0.25) is 9.45 Å². The van der Waals surface area contributed by atoms with Crippen molar-refractivity contribution in [2.45, 2.75) is 19.4 Å². The maximum Gasteiger partial charge on any atom is 1.00 e. The summed E-state index contributed by atoms with van der Waals surface area (Å²) in [7, 11) is -4.12. The number of hydrogen-bond acceptors (Lipinski definition) is 7. The van der Waals surface area contributed by atoms with Crippen LogP contribution in [-0.4, -0.2) is 34.5 Å². The maximum absolute atomic E-state index is 10.4. The van der Waals surface area contributed by atoms with Crippen LogP contribution in [0.3, 0.4) is 0 Å². The van der Waals surface area contributed by atoms with Gasteiger partial charge in [-0.25, -0.2) is 13.4 Å². The van der Waals surface area contributed by atoms with E-state index in [0.717, 1.165) is 12.0 Å². The van der Waals surface area contributed by atoms with E-state index in [1.54, 1.807) is 23.2 Å². The molecule has 0 atom stereocenters. The second kappa shape index (κ2) is 9.72. The quantitative estimate of drug-likeness (QED) is 0.134. The molecule has 1 aromatic rings. The smallest absolute Gasteiger partial charge is 0.748 e. The zero-order chi connectivity index (χ0) is 12.7. The Bertz CT molecular complexity index is 436. The minimum atomic E-state index is -4.12. The van der Waals surface area contributed by atoms with Gasteiger partial charge in [-0.15, -0.1) is 4.33 Å². The van der Waals surface area contributed by atoms with Crippen LogP contribution in [0.1, 0.15) is 12.8 Å². The molecule has 7 nitrogen and oxygen atoms in total. The van der Waals surface area contributed by atoms with Crippen LogP contribution in [-0.2, 0) is 21.0 Å². The molecule has 1 aromatic heterocycles. The molecule has 98 valence electrons. The van der Waals surface area contributed by atoms with Crippen molar-refractivity contribution in [3.05, 3.63) is 12.4 Å². The van der Waals surface area contributed by atoms with E-state index >= 15 is 0 Å². The molecule has 0 unspecified atom stereocenters. The average molecular weight is 320 g/mol. The van der Waals surface area contributed by atoms with Crippen molar-refractivity contribution in [2.75, 3.05) is 12.0 Å². The van der Waals surface area contributed by atoms with Crippen LogP contribution in [0, 0.1) is 0 Å². The molecule has 0 fully saturated rings. The number of hydrogen-bond donors (Lipinski definition) is 0. The SMILES string of the molecule is CSOOc1nccn1CCCCS(=O)(=O)[O-].[K+]. The van der Waals surface area contributed by atoms with E-state index in [2.05, 4.69) is 9.32 Å². The summed E-state index contributed by atoms with van der Waals surface area (Å²) in [5.41, 5.74) is 0. The van der Waals surface area contributed by atoms with Crippen LogP contribution < -0.4 is 56.3 Å². The van der Waals surface area contributed by atoms with E-state index in [4.69, 9.17) is 4.89 Å². The third kappa shape index (κ3) is 8.12. The van der Waals surface area contributed by atoms with Crippen LogP contribution in [0.2, 0.25) is 0 Å². The molecule has 0 amide bonds. The Balaban J connectivity index is 0.00000289. The average Bonchev–Trinajstić information content (AvgIpc) is 2.67. The first kappa shape index (κ1) is 18.9. The summed E-state index contributed by atoms with van der Waals surface area (Å²) in [5.74, 6) is -0.348. The van der Waals surface area contributed by atoms with Gasteiger partial charge >= 0.3 is 57.4 Å². The van der Waals surface area contributed by atoms with E-state index in [0.29, 0.717) is 25.4 Å². The van der Waals surface area contributed by atoms with Gasteiger partial charge in [-0.1, -0.05) is 0 Å². The van der Waals surface area contributed by atoms with E-state index in [-0.39, 0.29) is 57.1 Å². The van der Waals surface area contributed by atoms with Crippen molar-refractivity contribution >= 4 is 22.2 Å². The van der Waals surface area contributed by atoms with Crippen LogP contribution >= 0.6 is 12.0 Å². The van der Waals surface area contributed by atoms with Gasteiger partial charge in [0.15, 0.2) is 0 Å². The molecule has 0 spiro atoms. The maximum atomic E-state index is 10.4. The van der Waals surface area contributed by atoms with Crippen LogP contribution in [0.4, 0.5) is 0 Å². The summed E-state index contributed by atoms with van der Waals surface area (Å²) in [6.45, 7) is 0.516. The fraction of sp³-hybridized carbons (Fsp3) is 0.625. The second-order valence-electron chi connectivity index (χ2n) is 3.19. The molecule has 0 aromatic carbocycles. The van der Waals surface area contributed by atoms with E-state index in [1.807, 2.05) is 0 Å². The monoisotopic (exact) mass is 320 g/mol. The molecule has 0 radical (unpaired) electrons. The van der Waals surface area contributed by atoms with Crippen molar-refractivity contribution in [1.29, 1.82) is 0 Å². The molecular weight excluding hydrogens is 307 g/mol. The van der Waals surface area contributed by atoms with E-state index < -0.39 is 10.1 Å². The Morgan fingerprint density at radius 3 is 2.83 bits per heavy atom. The Morgan fingerprint density at radius 1 is 1.50 bits per heavy atom. The Labute approximate surface area is 153 Å². The second-order valence-corrected chi connectivity index (χ2v) is 5.18. The Morgan fingerprint density at radius 2 is 2.22 bits per heavy atom. The number of nitrogens with zero attached hydrogens (tertiary/aromatic N) is 2. The van der Waals surface area contributed by atoms with Gasteiger partial charge in [-0.05, 0) is 12.8 Å². The summed E-state index contributed by atoms with van der Waals surface area (Å²) in [5, 5.41) is 0. The number of imidazole rings is 1. The van der Waals surface area contributed by atoms with Gasteiger partial charge in [0.25, 0.3) is 0 Å². The molecule has 1 rings (SSSR count). The number of aryl methyl sites for hydroxylation is 1. The van der Waals surface area contributed by atoms with E-state index in [9.17, 15) is 13.0 Å². The van der Waals surface area contributed by atoms with Crippen molar-refractivity contribution < 1.29 is 73.6 Å². The summed E-state index contributed by atoms with van der Waals surface area (Å²) >= 11 is 1.04. The molecule has 1 heterocycles. The van der Waals surface area contributed by atoms with Gasteiger partial charge in [-0.2, -0.15) is 0 Å². The minimum absolute atomic E-state index is 0. The Hall–Kier alpha value is 0.866. The Kier molecular flexibility index (Phi) is 10.2. The molecule has 0 bridgehead atoms. The molecule has 10 heteroatoms. The van der Waals surface area contributed by atoms with Gasteiger partial charge in [0.2, 0.25) is 0 Å². The molecule has 0 N–H and O–H groups in total. The largest absolute Gasteiger partial charge is 1.00 e. The molecule has 0 aliphatic carbocycles. The zero-order valence-corrected chi connectivity index (χ0v) is 15.0. The first-order valence-corrected chi connectivity index (χ1v) is 7.57. The molecule has 0 saturated carbocycles. The zero-order valence-electron chi connectivity index (χ0n) is 10.2. The number of rotatable bonds is 8. The van der Waals surface area contributed by atoms with Gasteiger partial charge in [0.1, 0.15) is 0 Å². The summed E-state index contributed by atoms with van der Waals surface area (Å²) in [6.07, 6.45) is 5.79. The molecule has 18 heavy (non-hydrogen) atoms. The summed E-state index contributed by atoms with van der Waals surface area (Å²) < 4.78 is 37.5. The van der Waals surface area contributed by atoms with Gasteiger partial charge in [0.05, 0.1) is 10.1 Å². The number of unbranched alkanes of at least 4 members (excludes halogenated alkanes) is 1. The van der Waals surface area contributed by atoms with Crippen LogP contribution in [0.5, 0.6) is 6.01 Å². The first-order valence-electron chi connectivity index (χ1n) is 4.85. The predicted molar refractivity (Wildman–Crippen MR) is 61.3 cm³/mol.